The molecule has 0 aliphatic heterocycles. The molecule has 1 heterocycles. The second-order valence-electron chi connectivity index (χ2n) is 5.50. The maximum Gasteiger partial charge on any atom is 0.251 e. The number of hydrogen-bond acceptors (Lipinski definition) is 3. The van der Waals surface area contributed by atoms with Crippen LogP contribution in [0, 0.1) is 6.92 Å². The van der Waals surface area contributed by atoms with Gasteiger partial charge in [0.25, 0.3) is 5.91 Å². The average molecular weight is 300 g/mol. The molecule has 2 N–H and O–H groups in total. The minimum absolute atomic E-state index is 0.0394. The fraction of sp³-hybridized carbons (Fsp3) is 0.353. The molecule has 21 heavy (non-hydrogen) atoms. The second-order valence-corrected chi connectivity index (χ2v) is 6.50. The molecule has 1 aromatic heterocycles. The van der Waals surface area contributed by atoms with Gasteiger partial charge in [-0.05, 0) is 67.0 Å². The van der Waals surface area contributed by atoms with Crippen molar-refractivity contribution in [2.45, 2.75) is 32.2 Å². The molecule has 3 rings (SSSR count). The third-order valence-corrected chi connectivity index (χ3v) is 5.09. The Morgan fingerprint density at radius 2 is 2.19 bits per heavy atom. The first kappa shape index (κ1) is 14.1. The number of fused-ring (bicyclic) bond motifs is 1. The van der Waals surface area contributed by atoms with Crippen LogP contribution in [0.25, 0.3) is 0 Å². The van der Waals surface area contributed by atoms with Crippen LogP contribution in [-0.2, 0) is 6.42 Å². The standard InChI is InChI=1S/C17H20N2OS/c1-11-10-12(17(20)18-2)6-7-14(11)19-15-4-3-5-16-13(15)8-9-21-16/h6-10,15,19H,3-5H2,1-2H3,(H,18,20). The Morgan fingerprint density at radius 3 is 2.95 bits per heavy atom. The zero-order valence-corrected chi connectivity index (χ0v) is 13.2. The van der Waals surface area contributed by atoms with Gasteiger partial charge in [-0.1, -0.05) is 0 Å². The van der Waals surface area contributed by atoms with Gasteiger partial charge in [0.15, 0.2) is 0 Å². The maximum absolute atomic E-state index is 11.7. The van der Waals surface area contributed by atoms with E-state index >= 15 is 0 Å². The molecule has 110 valence electrons. The molecule has 1 aliphatic rings. The summed E-state index contributed by atoms with van der Waals surface area (Å²) in [7, 11) is 1.66. The molecule has 2 aromatic rings. The molecule has 0 radical (unpaired) electrons. The first-order valence-corrected chi connectivity index (χ1v) is 8.22. The molecular weight excluding hydrogens is 280 g/mol. The van der Waals surface area contributed by atoms with Gasteiger partial charge in [0, 0.05) is 23.2 Å². The van der Waals surface area contributed by atoms with Crippen LogP contribution in [0.15, 0.2) is 29.6 Å². The van der Waals surface area contributed by atoms with Gasteiger partial charge in [0.05, 0.1) is 6.04 Å². The van der Waals surface area contributed by atoms with Crippen LogP contribution in [0.2, 0.25) is 0 Å². The first-order chi connectivity index (χ1) is 10.2. The molecule has 3 nitrogen and oxygen atoms in total. The monoisotopic (exact) mass is 300 g/mol. The lowest BCUT2D eigenvalue weighted by Gasteiger charge is -2.25. The Morgan fingerprint density at radius 1 is 1.33 bits per heavy atom. The second kappa shape index (κ2) is 5.90. The number of rotatable bonds is 3. The van der Waals surface area contributed by atoms with E-state index in [1.165, 1.54) is 29.7 Å². The van der Waals surface area contributed by atoms with E-state index in [0.717, 1.165) is 11.3 Å². The predicted molar refractivity (Wildman–Crippen MR) is 88.2 cm³/mol. The van der Waals surface area contributed by atoms with Crippen molar-refractivity contribution in [3.8, 4) is 0 Å². The van der Waals surface area contributed by atoms with Crippen LogP contribution in [0.5, 0.6) is 0 Å². The largest absolute Gasteiger partial charge is 0.378 e. The number of thiophene rings is 1. The van der Waals surface area contributed by atoms with Crippen molar-refractivity contribution in [3.05, 3.63) is 51.2 Å². The number of hydrogen-bond donors (Lipinski definition) is 2. The van der Waals surface area contributed by atoms with E-state index < -0.39 is 0 Å². The molecule has 1 atom stereocenters. The molecule has 1 amide bonds. The van der Waals surface area contributed by atoms with Crippen molar-refractivity contribution in [2.24, 2.45) is 0 Å². The van der Waals surface area contributed by atoms with Crippen LogP contribution in [0.4, 0.5) is 5.69 Å². The van der Waals surface area contributed by atoms with Crippen molar-refractivity contribution in [3.63, 3.8) is 0 Å². The molecular formula is C17H20N2OS. The Bertz CT molecular complexity index is 663. The molecule has 0 saturated carbocycles. The topological polar surface area (TPSA) is 41.1 Å². The van der Waals surface area contributed by atoms with Crippen molar-refractivity contribution >= 4 is 22.9 Å². The molecule has 1 aromatic carbocycles. The molecule has 1 aliphatic carbocycles. The number of nitrogens with one attached hydrogen (secondary N) is 2. The fourth-order valence-electron chi connectivity index (χ4n) is 2.94. The Kier molecular flexibility index (Phi) is 3.97. The Labute approximate surface area is 129 Å². The normalized spacial score (nSPS) is 17.1. The van der Waals surface area contributed by atoms with Gasteiger partial charge in [-0.25, -0.2) is 0 Å². The summed E-state index contributed by atoms with van der Waals surface area (Å²) in [6.45, 7) is 2.05. The summed E-state index contributed by atoms with van der Waals surface area (Å²) < 4.78 is 0. The average Bonchev–Trinajstić information content (AvgIpc) is 2.98. The third-order valence-electron chi connectivity index (χ3n) is 4.10. The lowest BCUT2D eigenvalue weighted by atomic mass is 9.93. The van der Waals surface area contributed by atoms with Gasteiger partial charge < -0.3 is 10.6 Å². The van der Waals surface area contributed by atoms with Crippen LogP contribution in [-0.4, -0.2) is 13.0 Å². The minimum Gasteiger partial charge on any atom is -0.378 e. The van der Waals surface area contributed by atoms with Gasteiger partial charge in [-0.2, -0.15) is 0 Å². The van der Waals surface area contributed by atoms with Gasteiger partial charge in [-0.15, -0.1) is 11.3 Å². The van der Waals surface area contributed by atoms with E-state index in [-0.39, 0.29) is 5.91 Å². The van der Waals surface area contributed by atoms with E-state index in [9.17, 15) is 4.79 Å². The van der Waals surface area contributed by atoms with Gasteiger partial charge >= 0.3 is 0 Å². The van der Waals surface area contributed by atoms with E-state index in [2.05, 4.69) is 22.1 Å². The summed E-state index contributed by atoms with van der Waals surface area (Å²) >= 11 is 1.86. The van der Waals surface area contributed by atoms with Gasteiger partial charge in [-0.3, -0.25) is 4.79 Å². The van der Waals surface area contributed by atoms with Crippen molar-refractivity contribution < 1.29 is 4.79 Å². The molecule has 0 bridgehead atoms. The van der Waals surface area contributed by atoms with Crippen molar-refractivity contribution in [1.82, 2.24) is 5.32 Å². The molecule has 0 fully saturated rings. The van der Waals surface area contributed by atoms with E-state index in [1.807, 2.05) is 36.5 Å². The van der Waals surface area contributed by atoms with E-state index in [1.54, 1.807) is 7.05 Å². The fourth-order valence-corrected chi connectivity index (χ4v) is 3.92. The molecule has 0 spiro atoms. The number of benzene rings is 1. The number of aryl methyl sites for hydroxylation is 2. The van der Waals surface area contributed by atoms with E-state index in [0.29, 0.717) is 11.6 Å². The minimum atomic E-state index is -0.0394. The zero-order chi connectivity index (χ0) is 14.8. The summed E-state index contributed by atoms with van der Waals surface area (Å²) in [4.78, 5) is 13.2. The summed E-state index contributed by atoms with van der Waals surface area (Å²) in [5.74, 6) is -0.0394. The quantitative estimate of drug-likeness (QED) is 0.902. The Balaban J connectivity index is 1.82. The molecule has 4 heteroatoms. The molecule has 0 saturated heterocycles. The lowest BCUT2D eigenvalue weighted by molar-refractivity contribution is 0.0963. The number of anilines is 1. The highest BCUT2D eigenvalue weighted by Gasteiger charge is 2.21. The number of carbonyl (C=O) groups excluding carboxylic acids is 1. The van der Waals surface area contributed by atoms with Crippen LogP contribution in [0.1, 0.15) is 45.2 Å². The lowest BCUT2D eigenvalue weighted by Crippen LogP contribution is -2.19. The Hall–Kier alpha value is -1.81. The van der Waals surface area contributed by atoms with Gasteiger partial charge in [0.2, 0.25) is 0 Å². The van der Waals surface area contributed by atoms with Crippen molar-refractivity contribution in [1.29, 1.82) is 0 Å². The zero-order valence-electron chi connectivity index (χ0n) is 12.4. The number of carbonyl (C=O) groups is 1. The SMILES string of the molecule is CNC(=O)c1ccc(NC2CCCc3sccc32)c(C)c1. The van der Waals surface area contributed by atoms with Crippen LogP contribution < -0.4 is 10.6 Å². The smallest absolute Gasteiger partial charge is 0.251 e. The van der Waals surface area contributed by atoms with Gasteiger partial charge in [0.1, 0.15) is 0 Å². The highest BCUT2D eigenvalue weighted by Crippen LogP contribution is 2.36. The van der Waals surface area contributed by atoms with Crippen LogP contribution in [0.3, 0.4) is 0 Å². The summed E-state index contributed by atoms with van der Waals surface area (Å²) in [6, 6.07) is 8.47. The predicted octanol–water partition coefficient (Wildman–Crippen LogP) is 3.91. The molecule has 1 unspecified atom stereocenters. The van der Waals surface area contributed by atoms with E-state index in [4.69, 9.17) is 0 Å². The highest BCUT2D eigenvalue weighted by molar-refractivity contribution is 7.10. The third kappa shape index (κ3) is 2.81. The first-order valence-electron chi connectivity index (χ1n) is 7.34. The summed E-state index contributed by atoms with van der Waals surface area (Å²) in [6.07, 6.45) is 3.61. The highest BCUT2D eigenvalue weighted by atomic mass is 32.1. The number of amides is 1. The summed E-state index contributed by atoms with van der Waals surface area (Å²) in [5, 5.41) is 8.50. The van der Waals surface area contributed by atoms with Crippen molar-refractivity contribution in [2.75, 3.05) is 12.4 Å². The summed E-state index contributed by atoms with van der Waals surface area (Å²) in [5.41, 5.74) is 4.38. The van der Waals surface area contributed by atoms with Crippen LogP contribution >= 0.6 is 11.3 Å². The maximum atomic E-state index is 11.7.